The van der Waals surface area contributed by atoms with Gasteiger partial charge in [0.15, 0.2) is 0 Å². The summed E-state index contributed by atoms with van der Waals surface area (Å²) in [5.41, 5.74) is 2.22. The van der Waals surface area contributed by atoms with Crippen molar-refractivity contribution in [1.29, 1.82) is 0 Å². The summed E-state index contributed by atoms with van der Waals surface area (Å²) in [6, 6.07) is 8.04. The molecule has 1 aromatic heterocycles. The smallest absolute Gasteiger partial charge is 0.242 e. The highest BCUT2D eigenvalue weighted by atomic mass is 16.2. The summed E-state index contributed by atoms with van der Waals surface area (Å²) < 4.78 is 0. The molecule has 7 heteroatoms. The highest BCUT2D eigenvalue weighted by Gasteiger charge is 2.51. The van der Waals surface area contributed by atoms with Crippen molar-refractivity contribution in [3.8, 4) is 0 Å². The van der Waals surface area contributed by atoms with Crippen molar-refractivity contribution in [3.05, 3.63) is 24.3 Å². The Morgan fingerprint density at radius 2 is 1.73 bits per heavy atom. The van der Waals surface area contributed by atoms with Gasteiger partial charge in [-0.05, 0) is 80.2 Å². The zero-order chi connectivity index (χ0) is 22.4. The SMILES string of the molecule is O=C(CC12CC3CC(CC(C3)C1)C2)NCC(=O)N1CCCN(c2nc3ccccc3[nH]2)CC1. The molecule has 7 nitrogen and oxygen atoms in total. The molecule has 176 valence electrons. The number of anilines is 1. The minimum atomic E-state index is 0.0281. The lowest BCUT2D eigenvalue weighted by Gasteiger charge is -2.56. The van der Waals surface area contributed by atoms with Crippen LogP contribution in [-0.4, -0.2) is 59.4 Å². The monoisotopic (exact) mass is 449 g/mol. The highest BCUT2D eigenvalue weighted by Crippen LogP contribution is 2.61. The van der Waals surface area contributed by atoms with Crippen LogP contribution in [-0.2, 0) is 9.59 Å². The fourth-order valence-electron chi connectivity index (χ4n) is 7.66. The summed E-state index contributed by atoms with van der Waals surface area (Å²) in [7, 11) is 0. The van der Waals surface area contributed by atoms with Crippen molar-refractivity contribution in [3.63, 3.8) is 0 Å². The average Bonchev–Trinajstić information content (AvgIpc) is 3.05. The summed E-state index contributed by atoms with van der Waals surface area (Å²) in [6.45, 7) is 3.10. The first-order chi connectivity index (χ1) is 16.1. The van der Waals surface area contributed by atoms with Crippen molar-refractivity contribution >= 4 is 28.8 Å². The van der Waals surface area contributed by atoms with Gasteiger partial charge in [-0.15, -0.1) is 0 Å². The van der Waals surface area contributed by atoms with Gasteiger partial charge in [-0.1, -0.05) is 12.1 Å². The van der Waals surface area contributed by atoms with Gasteiger partial charge in [-0.3, -0.25) is 9.59 Å². The molecule has 4 bridgehead atoms. The van der Waals surface area contributed by atoms with Crippen molar-refractivity contribution in [2.75, 3.05) is 37.6 Å². The minimum Gasteiger partial charge on any atom is -0.347 e. The molecule has 0 unspecified atom stereocenters. The van der Waals surface area contributed by atoms with E-state index in [1.807, 2.05) is 29.2 Å². The van der Waals surface area contributed by atoms with Gasteiger partial charge < -0.3 is 20.1 Å². The first-order valence-corrected chi connectivity index (χ1v) is 12.8. The van der Waals surface area contributed by atoms with Crippen LogP contribution < -0.4 is 10.2 Å². The number of hydrogen-bond donors (Lipinski definition) is 2. The van der Waals surface area contributed by atoms with E-state index in [-0.39, 0.29) is 23.8 Å². The minimum absolute atomic E-state index is 0.0281. The fourth-order valence-corrected chi connectivity index (χ4v) is 7.66. The number of aromatic nitrogens is 2. The summed E-state index contributed by atoms with van der Waals surface area (Å²) >= 11 is 0. The Morgan fingerprint density at radius 3 is 2.45 bits per heavy atom. The Bertz CT molecular complexity index is 978. The molecular weight excluding hydrogens is 414 g/mol. The van der Waals surface area contributed by atoms with E-state index in [0.29, 0.717) is 13.0 Å². The number of para-hydroxylation sites is 2. The van der Waals surface area contributed by atoms with Crippen LogP contribution in [0.2, 0.25) is 0 Å². The number of rotatable bonds is 5. The van der Waals surface area contributed by atoms with Gasteiger partial charge in [0.1, 0.15) is 0 Å². The molecule has 5 aliphatic rings. The summed E-state index contributed by atoms with van der Waals surface area (Å²) in [5, 5.41) is 2.97. The van der Waals surface area contributed by atoms with Crippen molar-refractivity contribution in [1.82, 2.24) is 20.2 Å². The number of amides is 2. The molecule has 2 heterocycles. The molecule has 0 radical (unpaired) electrons. The maximum absolute atomic E-state index is 12.9. The lowest BCUT2D eigenvalue weighted by atomic mass is 9.49. The Labute approximate surface area is 195 Å². The second-order valence-electron chi connectivity index (χ2n) is 11.2. The molecule has 1 aromatic carbocycles. The van der Waals surface area contributed by atoms with E-state index < -0.39 is 0 Å². The second-order valence-corrected chi connectivity index (χ2v) is 11.2. The molecule has 5 fully saturated rings. The largest absolute Gasteiger partial charge is 0.347 e. The summed E-state index contributed by atoms with van der Waals surface area (Å²) in [4.78, 5) is 37.9. The number of fused-ring (bicyclic) bond motifs is 1. The van der Waals surface area contributed by atoms with Crippen LogP contribution in [0.4, 0.5) is 5.95 Å². The van der Waals surface area contributed by atoms with Gasteiger partial charge in [-0.2, -0.15) is 0 Å². The maximum Gasteiger partial charge on any atom is 0.242 e. The van der Waals surface area contributed by atoms with E-state index >= 15 is 0 Å². The normalized spacial score (nSPS) is 31.1. The number of H-pyrrole nitrogens is 1. The molecular formula is C26H35N5O2. The predicted molar refractivity (Wildman–Crippen MR) is 128 cm³/mol. The van der Waals surface area contributed by atoms with Gasteiger partial charge in [0.2, 0.25) is 17.8 Å². The van der Waals surface area contributed by atoms with Crippen LogP contribution in [0.15, 0.2) is 24.3 Å². The van der Waals surface area contributed by atoms with E-state index in [1.165, 1.54) is 38.5 Å². The van der Waals surface area contributed by atoms with E-state index in [1.54, 1.807) is 0 Å². The third-order valence-corrected chi connectivity index (χ3v) is 8.66. The van der Waals surface area contributed by atoms with E-state index in [9.17, 15) is 9.59 Å². The van der Waals surface area contributed by atoms with Gasteiger partial charge in [0.05, 0.1) is 17.6 Å². The van der Waals surface area contributed by atoms with Crippen molar-refractivity contribution in [2.45, 2.75) is 51.4 Å². The molecule has 4 saturated carbocycles. The highest BCUT2D eigenvalue weighted by molar-refractivity contribution is 5.85. The zero-order valence-electron chi connectivity index (χ0n) is 19.4. The van der Waals surface area contributed by atoms with Gasteiger partial charge >= 0.3 is 0 Å². The number of carbonyl (C=O) groups is 2. The molecule has 2 amide bonds. The summed E-state index contributed by atoms with van der Waals surface area (Å²) in [6.07, 6.45) is 9.35. The molecule has 2 aromatic rings. The lowest BCUT2D eigenvalue weighted by Crippen LogP contribution is -2.49. The Morgan fingerprint density at radius 1 is 1.00 bits per heavy atom. The van der Waals surface area contributed by atoms with Crippen molar-refractivity contribution < 1.29 is 9.59 Å². The van der Waals surface area contributed by atoms with Crippen molar-refractivity contribution in [2.24, 2.45) is 23.2 Å². The maximum atomic E-state index is 12.9. The van der Waals surface area contributed by atoms with Crippen LogP contribution in [0.3, 0.4) is 0 Å². The first kappa shape index (κ1) is 21.0. The first-order valence-electron chi connectivity index (χ1n) is 12.8. The lowest BCUT2D eigenvalue weighted by molar-refractivity contribution is -0.135. The average molecular weight is 450 g/mol. The Kier molecular flexibility index (Phi) is 5.30. The topological polar surface area (TPSA) is 81.3 Å². The van der Waals surface area contributed by atoms with Gasteiger partial charge in [-0.25, -0.2) is 4.98 Å². The van der Waals surface area contributed by atoms with Gasteiger partial charge in [0.25, 0.3) is 0 Å². The summed E-state index contributed by atoms with van der Waals surface area (Å²) in [5.74, 6) is 3.51. The quantitative estimate of drug-likeness (QED) is 0.734. The number of hydrogen-bond acceptors (Lipinski definition) is 4. The van der Waals surface area contributed by atoms with E-state index in [4.69, 9.17) is 4.98 Å². The standard InChI is InChI=1S/C26H35N5O2/c32-23(16-26-13-18-10-19(14-26)12-20(11-18)15-26)27-17-24(33)30-6-3-7-31(9-8-30)25-28-21-4-1-2-5-22(21)29-25/h1-2,4-5,18-20H,3,6-17H2,(H,27,32)(H,28,29). The number of nitrogens with one attached hydrogen (secondary N) is 2. The molecule has 0 spiro atoms. The third kappa shape index (κ3) is 4.22. The van der Waals surface area contributed by atoms with Crippen LogP contribution in [0.25, 0.3) is 11.0 Å². The Hall–Kier alpha value is -2.57. The number of carbonyl (C=O) groups excluding carboxylic acids is 2. The van der Waals surface area contributed by atoms with Crippen LogP contribution in [0, 0.1) is 23.2 Å². The molecule has 1 aliphatic heterocycles. The van der Waals surface area contributed by atoms with Crippen LogP contribution in [0.5, 0.6) is 0 Å². The molecule has 4 aliphatic carbocycles. The number of imidazole rings is 1. The number of benzene rings is 1. The second kappa shape index (κ2) is 8.33. The molecule has 7 rings (SSSR count). The number of nitrogens with zero attached hydrogens (tertiary/aromatic N) is 3. The third-order valence-electron chi connectivity index (χ3n) is 8.66. The van der Waals surface area contributed by atoms with Crippen LogP contribution in [0.1, 0.15) is 51.4 Å². The van der Waals surface area contributed by atoms with Crippen LogP contribution >= 0.6 is 0 Å². The molecule has 33 heavy (non-hydrogen) atoms. The predicted octanol–water partition coefficient (Wildman–Crippen LogP) is 3.32. The molecule has 2 N–H and O–H groups in total. The fraction of sp³-hybridized carbons (Fsp3) is 0.654. The Balaban J connectivity index is 1.00. The van der Waals surface area contributed by atoms with E-state index in [2.05, 4.69) is 15.2 Å². The molecule has 0 atom stereocenters. The number of aromatic amines is 1. The molecule has 1 saturated heterocycles. The van der Waals surface area contributed by atoms with Gasteiger partial charge in [0, 0.05) is 32.6 Å². The van der Waals surface area contributed by atoms with E-state index in [0.717, 1.165) is 60.8 Å². The zero-order valence-corrected chi connectivity index (χ0v) is 19.4.